The van der Waals surface area contributed by atoms with Gasteiger partial charge in [-0.3, -0.25) is 4.79 Å². The Morgan fingerprint density at radius 2 is 2.27 bits per heavy atom. The van der Waals surface area contributed by atoms with E-state index in [1.54, 1.807) is 25.3 Å². The lowest BCUT2D eigenvalue weighted by atomic mass is 10.2. The van der Waals surface area contributed by atoms with Crippen molar-refractivity contribution in [2.24, 2.45) is 0 Å². The first-order valence-corrected chi connectivity index (χ1v) is 5.45. The van der Waals surface area contributed by atoms with E-state index in [0.717, 1.165) is 13.0 Å². The van der Waals surface area contributed by atoms with Gasteiger partial charge in [0.05, 0.1) is 5.56 Å². The quantitative estimate of drug-likeness (QED) is 0.575. The third-order valence-corrected chi connectivity index (χ3v) is 2.26. The summed E-state index contributed by atoms with van der Waals surface area (Å²) in [7, 11) is 0. The zero-order valence-electron chi connectivity index (χ0n) is 9.42. The maximum Gasteiger partial charge on any atom is 0.163 e. The van der Waals surface area contributed by atoms with Gasteiger partial charge in [0.15, 0.2) is 5.78 Å². The van der Waals surface area contributed by atoms with Crippen LogP contribution in [-0.4, -0.2) is 17.3 Å². The standard InChI is InChI=1S/C12H18N2O/c1-3-4-5-8-13-12-11(10(2)15)7-6-9-14-12/h6-7,9H,3-5,8H2,1-2H3,(H,13,14). The van der Waals surface area contributed by atoms with Crippen molar-refractivity contribution in [3.05, 3.63) is 23.9 Å². The molecule has 1 aromatic heterocycles. The van der Waals surface area contributed by atoms with Gasteiger partial charge in [-0.25, -0.2) is 4.98 Å². The van der Waals surface area contributed by atoms with E-state index in [9.17, 15) is 4.79 Å². The molecule has 3 heteroatoms. The number of carbonyl (C=O) groups is 1. The van der Waals surface area contributed by atoms with Gasteiger partial charge in [-0.15, -0.1) is 0 Å². The second-order valence-electron chi connectivity index (χ2n) is 3.59. The van der Waals surface area contributed by atoms with Crippen LogP contribution in [0.25, 0.3) is 0 Å². The number of pyridine rings is 1. The van der Waals surface area contributed by atoms with E-state index in [1.807, 2.05) is 0 Å². The molecule has 0 aromatic carbocycles. The summed E-state index contributed by atoms with van der Waals surface area (Å²) in [6.07, 6.45) is 5.22. The number of ketones is 1. The highest BCUT2D eigenvalue weighted by molar-refractivity contribution is 5.98. The molecule has 0 spiro atoms. The number of rotatable bonds is 6. The van der Waals surface area contributed by atoms with Gasteiger partial charge in [-0.05, 0) is 25.5 Å². The van der Waals surface area contributed by atoms with Gasteiger partial charge in [0.25, 0.3) is 0 Å². The predicted octanol–water partition coefficient (Wildman–Crippen LogP) is 2.89. The molecular weight excluding hydrogens is 188 g/mol. The molecule has 0 amide bonds. The summed E-state index contributed by atoms with van der Waals surface area (Å²) in [5.74, 6) is 0.766. The van der Waals surface area contributed by atoms with Crippen LogP contribution in [0.2, 0.25) is 0 Å². The SMILES string of the molecule is CCCCCNc1ncccc1C(C)=O. The maximum atomic E-state index is 11.3. The van der Waals surface area contributed by atoms with Crippen molar-refractivity contribution in [2.45, 2.75) is 33.1 Å². The minimum absolute atomic E-state index is 0.0566. The summed E-state index contributed by atoms with van der Waals surface area (Å²) in [5.41, 5.74) is 0.675. The lowest BCUT2D eigenvalue weighted by Gasteiger charge is -2.07. The zero-order chi connectivity index (χ0) is 11.1. The molecule has 0 aliphatic carbocycles. The second kappa shape index (κ2) is 6.17. The number of carbonyl (C=O) groups excluding carboxylic acids is 1. The Morgan fingerprint density at radius 1 is 1.47 bits per heavy atom. The fourth-order valence-corrected chi connectivity index (χ4v) is 1.41. The van der Waals surface area contributed by atoms with Crippen molar-refractivity contribution >= 4 is 11.6 Å². The molecule has 0 saturated heterocycles. The van der Waals surface area contributed by atoms with Gasteiger partial charge >= 0.3 is 0 Å². The Bertz CT molecular complexity index is 323. The number of hydrogen-bond donors (Lipinski definition) is 1. The Hall–Kier alpha value is -1.38. The van der Waals surface area contributed by atoms with Crippen molar-refractivity contribution in [1.29, 1.82) is 0 Å². The zero-order valence-corrected chi connectivity index (χ0v) is 9.42. The molecule has 1 rings (SSSR count). The molecule has 0 aliphatic heterocycles. The number of hydrogen-bond acceptors (Lipinski definition) is 3. The number of unbranched alkanes of at least 4 members (excludes halogenated alkanes) is 2. The molecule has 0 radical (unpaired) electrons. The van der Waals surface area contributed by atoms with Crippen LogP contribution in [0, 0.1) is 0 Å². The third-order valence-electron chi connectivity index (χ3n) is 2.26. The molecule has 0 unspecified atom stereocenters. The Morgan fingerprint density at radius 3 is 2.93 bits per heavy atom. The summed E-state index contributed by atoms with van der Waals surface area (Å²) in [5, 5.41) is 3.20. The molecule has 1 aromatic rings. The Kier molecular flexibility index (Phi) is 4.81. The summed E-state index contributed by atoms with van der Waals surface area (Å²) in [4.78, 5) is 15.4. The molecule has 0 atom stereocenters. The summed E-state index contributed by atoms with van der Waals surface area (Å²) < 4.78 is 0. The van der Waals surface area contributed by atoms with Crippen molar-refractivity contribution < 1.29 is 4.79 Å². The summed E-state index contributed by atoms with van der Waals surface area (Å²) >= 11 is 0. The first-order valence-electron chi connectivity index (χ1n) is 5.45. The van der Waals surface area contributed by atoms with Gasteiger partial charge in [0.2, 0.25) is 0 Å². The van der Waals surface area contributed by atoms with Gasteiger partial charge in [-0.1, -0.05) is 19.8 Å². The minimum atomic E-state index is 0.0566. The monoisotopic (exact) mass is 206 g/mol. The minimum Gasteiger partial charge on any atom is -0.369 e. The van der Waals surface area contributed by atoms with E-state index < -0.39 is 0 Å². The van der Waals surface area contributed by atoms with Crippen molar-refractivity contribution in [2.75, 3.05) is 11.9 Å². The van der Waals surface area contributed by atoms with Crippen LogP contribution in [0.1, 0.15) is 43.5 Å². The molecule has 15 heavy (non-hydrogen) atoms. The molecule has 0 bridgehead atoms. The number of nitrogens with one attached hydrogen (secondary N) is 1. The van der Waals surface area contributed by atoms with Crippen LogP contribution in [0.5, 0.6) is 0 Å². The predicted molar refractivity (Wildman–Crippen MR) is 62.3 cm³/mol. The molecule has 0 fully saturated rings. The first-order chi connectivity index (χ1) is 7.25. The molecule has 1 N–H and O–H groups in total. The lowest BCUT2D eigenvalue weighted by Crippen LogP contribution is -2.08. The fraction of sp³-hybridized carbons (Fsp3) is 0.500. The van der Waals surface area contributed by atoms with E-state index in [4.69, 9.17) is 0 Å². The highest BCUT2D eigenvalue weighted by atomic mass is 16.1. The van der Waals surface area contributed by atoms with Gasteiger partial charge in [0, 0.05) is 12.7 Å². The Balaban J connectivity index is 2.56. The van der Waals surface area contributed by atoms with Crippen molar-refractivity contribution in [3.63, 3.8) is 0 Å². The largest absolute Gasteiger partial charge is 0.369 e. The van der Waals surface area contributed by atoms with Crippen molar-refractivity contribution in [3.8, 4) is 0 Å². The molecule has 0 saturated carbocycles. The Labute approximate surface area is 90.9 Å². The van der Waals surface area contributed by atoms with Gasteiger partial charge in [-0.2, -0.15) is 0 Å². The van der Waals surface area contributed by atoms with E-state index in [0.29, 0.717) is 11.4 Å². The van der Waals surface area contributed by atoms with Gasteiger partial charge in [0.1, 0.15) is 5.82 Å². The normalized spacial score (nSPS) is 10.0. The van der Waals surface area contributed by atoms with Gasteiger partial charge < -0.3 is 5.32 Å². The van der Waals surface area contributed by atoms with Crippen molar-refractivity contribution in [1.82, 2.24) is 4.98 Å². The molecular formula is C12H18N2O. The average Bonchev–Trinajstić information content (AvgIpc) is 2.25. The van der Waals surface area contributed by atoms with Crippen LogP contribution >= 0.6 is 0 Å². The molecule has 3 nitrogen and oxygen atoms in total. The number of anilines is 1. The number of aromatic nitrogens is 1. The number of nitrogens with zero attached hydrogens (tertiary/aromatic N) is 1. The highest BCUT2D eigenvalue weighted by Crippen LogP contribution is 2.11. The molecule has 1 heterocycles. The highest BCUT2D eigenvalue weighted by Gasteiger charge is 2.06. The molecule has 0 aliphatic rings. The van der Waals surface area contributed by atoms with E-state index in [2.05, 4.69) is 17.2 Å². The van der Waals surface area contributed by atoms with Crippen LogP contribution in [0.3, 0.4) is 0 Å². The fourth-order valence-electron chi connectivity index (χ4n) is 1.41. The van der Waals surface area contributed by atoms with Crippen LogP contribution < -0.4 is 5.32 Å². The van der Waals surface area contributed by atoms with E-state index in [1.165, 1.54) is 12.8 Å². The maximum absolute atomic E-state index is 11.3. The van der Waals surface area contributed by atoms with E-state index >= 15 is 0 Å². The smallest absolute Gasteiger partial charge is 0.163 e. The lowest BCUT2D eigenvalue weighted by molar-refractivity contribution is 0.101. The summed E-state index contributed by atoms with van der Waals surface area (Å²) in [6.45, 7) is 4.61. The van der Waals surface area contributed by atoms with Crippen LogP contribution in [-0.2, 0) is 0 Å². The topological polar surface area (TPSA) is 42.0 Å². The number of Topliss-reactive ketones (excluding diaryl/α,β-unsaturated/α-hetero) is 1. The van der Waals surface area contributed by atoms with Crippen LogP contribution in [0.4, 0.5) is 5.82 Å². The van der Waals surface area contributed by atoms with Crippen LogP contribution in [0.15, 0.2) is 18.3 Å². The third kappa shape index (κ3) is 3.70. The summed E-state index contributed by atoms with van der Waals surface area (Å²) in [6, 6.07) is 3.59. The first kappa shape index (κ1) is 11.7. The average molecular weight is 206 g/mol. The van der Waals surface area contributed by atoms with E-state index in [-0.39, 0.29) is 5.78 Å². The second-order valence-corrected chi connectivity index (χ2v) is 3.59. The molecule has 82 valence electrons.